The molecule has 3 fully saturated rings. The number of aryl methyl sites for hydroxylation is 1. The quantitative estimate of drug-likeness (QED) is 0.618. The molecule has 9 nitrogen and oxygen atoms in total. The second-order valence-corrected chi connectivity index (χ2v) is 10.9. The van der Waals surface area contributed by atoms with Crippen LogP contribution in [-0.2, 0) is 26.3 Å². The zero-order chi connectivity index (χ0) is 24.8. The van der Waals surface area contributed by atoms with E-state index in [0.717, 1.165) is 70.9 Å². The van der Waals surface area contributed by atoms with Gasteiger partial charge < -0.3 is 19.6 Å². The van der Waals surface area contributed by atoms with Crippen LogP contribution in [0.1, 0.15) is 96.2 Å². The molecule has 1 unspecified atom stereocenters. The van der Waals surface area contributed by atoms with Gasteiger partial charge in [-0.05, 0) is 44.4 Å². The summed E-state index contributed by atoms with van der Waals surface area (Å²) in [7, 11) is 0. The number of nitrogens with one attached hydrogen (secondary N) is 1. The topological polar surface area (TPSA) is 109 Å². The maximum Gasteiger partial charge on any atom is 0.227 e. The molecule has 1 atom stereocenters. The molecule has 3 amide bonds. The summed E-state index contributed by atoms with van der Waals surface area (Å²) in [5.74, 6) is 1.82. The average molecular weight is 488 g/mol. The van der Waals surface area contributed by atoms with Crippen LogP contribution in [0, 0.1) is 11.8 Å². The van der Waals surface area contributed by atoms with Crippen molar-refractivity contribution in [3.05, 3.63) is 11.7 Å². The zero-order valence-corrected chi connectivity index (χ0v) is 21.4. The summed E-state index contributed by atoms with van der Waals surface area (Å²) in [4.78, 5) is 46.1. The molecule has 9 heteroatoms. The van der Waals surface area contributed by atoms with E-state index in [9.17, 15) is 14.4 Å². The van der Waals surface area contributed by atoms with Crippen LogP contribution in [0.25, 0.3) is 0 Å². The number of piperidine rings is 2. The first kappa shape index (κ1) is 25.6. The van der Waals surface area contributed by atoms with Gasteiger partial charge in [-0.3, -0.25) is 14.4 Å². The fraction of sp³-hybridized carbons (Fsp3) is 0.808. The second-order valence-electron chi connectivity index (χ2n) is 10.9. The van der Waals surface area contributed by atoms with Gasteiger partial charge in [0.25, 0.3) is 0 Å². The summed E-state index contributed by atoms with van der Waals surface area (Å²) in [6.07, 6.45) is 10.3. The number of rotatable bonds is 6. The molecule has 3 aliphatic rings. The molecule has 1 saturated carbocycles. The molecule has 35 heavy (non-hydrogen) atoms. The molecule has 1 aromatic rings. The Bertz CT molecular complexity index is 884. The number of nitrogens with zero attached hydrogens (tertiary/aromatic N) is 4. The molecule has 0 aromatic carbocycles. The van der Waals surface area contributed by atoms with Gasteiger partial charge in [0.05, 0.1) is 0 Å². The Morgan fingerprint density at radius 1 is 1.00 bits per heavy atom. The van der Waals surface area contributed by atoms with Crippen LogP contribution in [-0.4, -0.2) is 63.8 Å². The summed E-state index contributed by atoms with van der Waals surface area (Å²) in [5, 5.41) is 7.30. The molecule has 3 heterocycles. The monoisotopic (exact) mass is 487 g/mol. The number of carbonyl (C=O) groups is 3. The minimum absolute atomic E-state index is 0.0346. The van der Waals surface area contributed by atoms with Crippen LogP contribution in [0.3, 0.4) is 0 Å². The Hall–Kier alpha value is -2.45. The Morgan fingerprint density at radius 2 is 1.71 bits per heavy atom. The number of carbonyl (C=O) groups excluding carboxylic acids is 3. The van der Waals surface area contributed by atoms with Crippen LogP contribution >= 0.6 is 0 Å². The fourth-order valence-corrected chi connectivity index (χ4v) is 6.02. The van der Waals surface area contributed by atoms with Crippen molar-refractivity contribution in [2.75, 3.05) is 26.2 Å². The largest absolute Gasteiger partial charge is 0.343 e. The van der Waals surface area contributed by atoms with E-state index in [4.69, 9.17) is 4.52 Å². The molecule has 1 aliphatic carbocycles. The van der Waals surface area contributed by atoms with Gasteiger partial charge in [0.15, 0.2) is 5.82 Å². The minimum Gasteiger partial charge on any atom is -0.343 e. The average Bonchev–Trinajstić information content (AvgIpc) is 3.22. The molecule has 4 rings (SSSR count). The van der Waals surface area contributed by atoms with Crippen molar-refractivity contribution in [3.8, 4) is 0 Å². The highest BCUT2D eigenvalue weighted by atomic mass is 16.5. The second kappa shape index (κ2) is 11.5. The lowest BCUT2D eigenvalue weighted by atomic mass is 9.89. The molecular formula is C26H41N5O4. The van der Waals surface area contributed by atoms with Crippen LogP contribution in [0.2, 0.25) is 0 Å². The molecule has 0 bridgehead atoms. The summed E-state index contributed by atoms with van der Waals surface area (Å²) in [5.41, 5.74) is -0.575. The molecule has 2 saturated heterocycles. The lowest BCUT2D eigenvalue weighted by Crippen LogP contribution is -2.47. The molecule has 1 aromatic heterocycles. The number of likely N-dealkylation sites (tertiary alicyclic amines) is 2. The summed E-state index contributed by atoms with van der Waals surface area (Å²) < 4.78 is 5.49. The van der Waals surface area contributed by atoms with Crippen molar-refractivity contribution >= 4 is 17.7 Å². The third kappa shape index (κ3) is 6.41. The van der Waals surface area contributed by atoms with Crippen LogP contribution in [0.4, 0.5) is 0 Å². The van der Waals surface area contributed by atoms with Crippen molar-refractivity contribution in [1.29, 1.82) is 0 Å². The summed E-state index contributed by atoms with van der Waals surface area (Å²) >= 11 is 0. The maximum atomic E-state index is 12.9. The van der Waals surface area contributed by atoms with E-state index in [0.29, 0.717) is 43.6 Å². The molecule has 2 aliphatic heterocycles. The maximum absolute atomic E-state index is 12.9. The normalized spacial score (nSPS) is 23.5. The van der Waals surface area contributed by atoms with Crippen LogP contribution in [0.5, 0.6) is 0 Å². The van der Waals surface area contributed by atoms with E-state index in [1.54, 1.807) is 0 Å². The Morgan fingerprint density at radius 3 is 2.37 bits per heavy atom. The molecule has 1 N–H and O–H groups in total. The van der Waals surface area contributed by atoms with Crippen molar-refractivity contribution < 1.29 is 18.9 Å². The van der Waals surface area contributed by atoms with Crippen molar-refractivity contribution in [2.24, 2.45) is 11.8 Å². The molecule has 194 valence electrons. The number of hydrogen-bond acceptors (Lipinski definition) is 6. The van der Waals surface area contributed by atoms with Gasteiger partial charge in [-0.25, -0.2) is 0 Å². The van der Waals surface area contributed by atoms with E-state index in [2.05, 4.69) is 22.4 Å². The predicted molar refractivity (Wildman–Crippen MR) is 130 cm³/mol. The number of amides is 3. The lowest BCUT2D eigenvalue weighted by molar-refractivity contribution is -0.142. The summed E-state index contributed by atoms with van der Waals surface area (Å²) in [6, 6.07) is 0. The van der Waals surface area contributed by atoms with Gasteiger partial charge in [0, 0.05) is 51.9 Å². The molecule has 0 radical (unpaired) electrons. The summed E-state index contributed by atoms with van der Waals surface area (Å²) in [6.45, 7) is 6.73. The predicted octanol–water partition coefficient (Wildman–Crippen LogP) is 3.18. The Labute approximate surface area is 208 Å². The van der Waals surface area contributed by atoms with Gasteiger partial charge in [0.2, 0.25) is 23.6 Å². The van der Waals surface area contributed by atoms with E-state index >= 15 is 0 Å². The lowest BCUT2D eigenvalue weighted by Gasteiger charge is -2.37. The van der Waals surface area contributed by atoms with Crippen molar-refractivity contribution in [3.63, 3.8) is 0 Å². The van der Waals surface area contributed by atoms with Gasteiger partial charge in [-0.15, -0.1) is 0 Å². The van der Waals surface area contributed by atoms with Gasteiger partial charge in [0.1, 0.15) is 5.54 Å². The number of hydrogen-bond donors (Lipinski definition) is 1. The van der Waals surface area contributed by atoms with E-state index in [1.807, 2.05) is 9.80 Å². The first-order valence-corrected chi connectivity index (χ1v) is 13.5. The SMILES string of the molecule is CC(=O)NC1(c2noc(CCC(=O)N3CCC(C(=O)N4CCCC(C)C4)CC3)n2)CCCCCC1. The highest BCUT2D eigenvalue weighted by Crippen LogP contribution is 2.34. The third-order valence-electron chi connectivity index (χ3n) is 7.99. The van der Waals surface area contributed by atoms with Crippen LogP contribution < -0.4 is 5.32 Å². The van der Waals surface area contributed by atoms with E-state index in [1.165, 1.54) is 13.3 Å². The van der Waals surface area contributed by atoms with Gasteiger partial charge >= 0.3 is 0 Å². The van der Waals surface area contributed by atoms with Gasteiger partial charge in [-0.1, -0.05) is 37.8 Å². The first-order valence-electron chi connectivity index (χ1n) is 13.5. The third-order valence-corrected chi connectivity index (χ3v) is 7.99. The fourth-order valence-electron chi connectivity index (χ4n) is 6.02. The minimum atomic E-state index is -0.575. The van der Waals surface area contributed by atoms with Crippen LogP contribution in [0.15, 0.2) is 4.52 Å². The van der Waals surface area contributed by atoms with Crippen molar-refractivity contribution in [2.45, 2.75) is 96.4 Å². The first-order chi connectivity index (χ1) is 16.9. The molecular weight excluding hydrogens is 446 g/mol. The molecule has 0 spiro atoms. The highest BCUT2D eigenvalue weighted by molar-refractivity contribution is 5.80. The standard InChI is InChI=1S/C26H41N5O4/c1-19-8-7-15-31(18-19)24(34)21-11-16-30(17-12-21)23(33)10-9-22-27-25(29-35-22)26(28-20(2)32)13-5-3-4-6-14-26/h19,21H,3-18H2,1-2H3,(H,28,32). The van der Waals surface area contributed by atoms with Crippen molar-refractivity contribution in [1.82, 2.24) is 25.3 Å². The number of aromatic nitrogens is 2. The smallest absolute Gasteiger partial charge is 0.227 e. The van der Waals surface area contributed by atoms with E-state index in [-0.39, 0.29) is 23.6 Å². The Kier molecular flexibility index (Phi) is 8.44. The van der Waals surface area contributed by atoms with E-state index < -0.39 is 5.54 Å². The highest BCUT2D eigenvalue weighted by Gasteiger charge is 2.38. The van der Waals surface area contributed by atoms with Gasteiger partial charge in [-0.2, -0.15) is 4.98 Å². The Balaban J connectivity index is 1.27. The zero-order valence-electron chi connectivity index (χ0n) is 21.4.